The van der Waals surface area contributed by atoms with Crippen LogP contribution in [0.25, 0.3) is 0 Å². The Morgan fingerprint density at radius 1 is 1.07 bits per heavy atom. The molecule has 0 aliphatic heterocycles. The van der Waals surface area contributed by atoms with Crippen LogP contribution in [-0.2, 0) is 20.2 Å². The first-order valence-corrected chi connectivity index (χ1v) is 10.6. The molecule has 0 aromatic heterocycles. The van der Waals surface area contributed by atoms with Gasteiger partial charge in [-0.25, -0.2) is 8.42 Å². The molecule has 0 radical (unpaired) electrons. The van der Waals surface area contributed by atoms with E-state index in [-0.39, 0.29) is 23.6 Å². The average Bonchev–Trinajstić information content (AvgIpc) is 2.58. The molecule has 0 bridgehead atoms. The van der Waals surface area contributed by atoms with Crippen LogP contribution in [0.3, 0.4) is 0 Å². The molecule has 0 aliphatic rings. The van der Waals surface area contributed by atoms with E-state index in [1.54, 1.807) is 12.1 Å². The summed E-state index contributed by atoms with van der Waals surface area (Å²) < 4.78 is 36.2. The van der Waals surface area contributed by atoms with Crippen molar-refractivity contribution in [2.45, 2.75) is 26.2 Å². The van der Waals surface area contributed by atoms with E-state index >= 15 is 0 Å². The second kappa shape index (κ2) is 8.52. The van der Waals surface area contributed by atoms with E-state index in [0.29, 0.717) is 17.2 Å². The number of hydrogen-bond acceptors (Lipinski definition) is 5. The summed E-state index contributed by atoms with van der Waals surface area (Å²) in [5.74, 6) is 0.636. The zero-order chi connectivity index (χ0) is 20.9. The summed E-state index contributed by atoms with van der Waals surface area (Å²) in [4.78, 5) is 12.3. The minimum Gasteiger partial charge on any atom is -0.495 e. The van der Waals surface area contributed by atoms with Crippen LogP contribution in [-0.4, -0.2) is 34.3 Å². The van der Waals surface area contributed by atoms with Gasteiger partial charge in [-0.3, -0.25) is 9.52 Å². The van der Waals surface area contributed by atoms with Crippen molar-refractivity contribution < 1.29 is 22.7 Å². The van der Waals surface area contributed by atoms with E-state index in [2.05, 4.69) is 30.8 Å². The maximum Gasteiger partial charge on any atom is 0.262 e. The number of carbonyl (C=O) groups is 1. The van der Waals surface area contributed by atoms with Crippen LogP contribution >= 0.6 is 0 Å². The van der Waals surface area contributed by atoms with Gasteiger partial charge in [-0.15, -0.1) is 0 Å². The third-order valence-electron chi connectivity index (χ3n) is 3.83. The fourth-order valence-electron chi connectivity index (χ4n) is 2.62. The molecule has 152 valence electrons. The Bertz CT molecular complexity index is 949. The van der Waals surface area contributed by atoms with Crippen molar-refractivity contribution >= 4 is 27.3 Å². The summed E-state index contributed by atoms with van der Waals surface area (Å²) in [5.41, 5.74) is 1.55. The van der Waals surface area contributed by atoms with Crippen LogP contribution in [0.15, 0.2) is 42.5 Å². The molecular formula is C20H26N2O5S. The fraction of sp³-hybridized carbons (Fsp3) is 0.350. The molecule has 28 heavy (non-hydrogen) atoms. The predicted octanol–water partition coefficient (Wildman–Crippen LogP) is 3.38. The quantitative estimate of drug-likeness (QED) is 0.735. The lowest BCUT2D eigenvalue weighted by Crippen LogP contribution is -2.22. The summed E-state index contributed by atoms with van der Waals surface area (Å²) >= 11 is 0. The number of carbonyl (C=O) groups excluding carboxylic acids is 1. The number of anilines is 2. The van der Waals surface area contributed by atoms with E-state index in [1.807, 2.05) is 24.3 Å². The van der Waals surface area contributed by atoms with E-state index in [4.69, 9.17) is 9.47 Å². The van der Waals surface area contributed by atoms with Crippen LogP contribution < -0.4 is 19.5 Å². The Morgan fingerprint density at radius 3 is 2.36 bits per heavy atom. The molecule has 2 N–H and O–H groups in total. The Hall–Kier alpha value is -2.74. The highest BCUT2D eigenvalue weighted by atomic mass is 32.2. The van der Waals surface area contributed by atoms with Crippen LogP contribution in [0, 0.1) is 0 Å². The Morgan fingerprint density at radius 2 is 1.75 bits per heavy atom. The van der Waals surface area contributed by atoms with Gasteiger partial charge in [0.25, 0.3) is 5.91 Å². The summed E-state index contributed by atoms with van der Waals surface area (Å²) in [5, 5.41) is 2.69. The third kappa shape index (κ3) is 6.16. The highest BCUT2D eigenvalue weighted by Gasteiger charge is 2.19. The third-order valence-corrected chi connectivity index (χ3v) is 4.42. The fourth-order valence-corrected chi connectivity index (χ4v) is 3.18. The second-order valence-electron chi connectivity index (χ2n) is 7.37. The number of nitrogens with one attached hydrogen (secondary N) is 2. The van der Waals surface area contributed by atoms with E-state index in [9.17, 15) is 13.2 Å². The summed E-state index contributed by atoms with van der Waals surface area (Å²) in [6, 6.07) is 12.3. The topological polar surface area (TPSA) is 93.7 Å². The summed E-state index contributed by atoms with van der Waals surface area (Å²) in [7, 11) is -2.06. The first-order chi connectivity index (χ1) is 13.0. The van der Waals surface area contributed by atoms with Crippen molar-refractivity contribution in [3.8, 4) is 11.5 Å². The van der Waals surface area contributed by atoms with Gasteiger partial charge in [0.05, 0.1) is 19.1 Å². The number of rotatable bonds is 7. The molecule has 0 saturated heterocycles. The number of methoxy groups -OCH3 is 1. The smallest absolute Gasteiger partial charge is 0.262 e. The largest absolute Gasteiger partial charge is 0.495 e. The second-order valence-corrected chi connectivity index (χ2v) is 9.12. The first kappa shape index (κ1) is 21.6. The zero-order valence-corrected chi connectivity index (χ0v) is 17.5. The Balaban J connectivity index is 2.09. The number of hydrogen-bond donors (Lipinski definition) is 2. The van der Waals surface area contributed by atoms with Gasteiger partial charge in [-0.2, -0.15) is 0 Å². The van der Waals surface area contributed by atoms with Crippen LogP contribution in [0.4, 0.5) is 11.4 Å². The van der Waals surface area contributed by atoms with Gasteiger partial charge in [-0.1, -0.05) is 39.0 Å². The van der Waals surface area contributed by atoms with Crippen molar-refractivity contribution in [1.29, 1.82) is 0 Å². The molecule has 1 amide bonds. The number of benzene rings is 2. The molecule has 0 spiro atoms. The molecule has 0 saturated carbocycles. The first-order valence-electron chi connectivity index (χ1n) is 8.67. The molecule has 0 heterocycles. The van der Waals surface area contributed by atoms with Crippen molar-refractivity contribution in [3.63, 3.8) is 0 Å². The summed E-state index contributed by atoms with van der Waals surface area (Å²) in [6.45, 7) is 6.04. The van der Waals surface area contributed by atoms with E-state index in [1.165, 1.54) is 13.2 Å². The Labute approximate surface area is 166 Å². The van der Waals surface area contributed by atoms with Gasteiger partial charge in [0.1, 0.15) is 11.5 Å². The number of ether oxygens (including phenoxy) is 2. The number of amides is 1. The molecular weight excluding hydrogens is 380 g/mol. The molecule has 2 rings (SSSR count). The van der Waals surface area contributed by atoms with Crippen LogP contribution in [0.5, 0.6) is 11.5 Å². The van der Waals surface area contributed by atoms with Gasteiger partial charge >= 0.3 is 0 Å². The van der Waals surface area contributed by atoms with Crippen molar-refractivity contribution in [3.05, 3.63) is 48.0 Å². The minimum atomic E-state index is -3.49. The molecule has 2 aromatic rings. The van der Waals surface area contributed by atoms with E-state index in [0.717, 1.165) is 11.8 Å². The van der Waals surface area contributed by atoms with Gasteiger partial charge in [0.2, 0.25) is 10.0 Å². The van der Waals surface area contributed by atoms with Gasteiger partial charge in [0.15, 0.2) is 6.61 Å². The maximum absolute atomic E-state index is 12.3. The molecule has 2 aromatic carbocycles. The summed E-state index contributed by atoms with van der Waals surface area (Å²) in [6.07, 6.45) is 1.04. The highest BCUT2D eigenvalue weighted by Crippen LogP contribution is 2.31. The number of sulfonamides is 1. The molecule has 0 aliphatic carbocycles. The van der Waals surface area contributed by atoms with Gasteiger partial charge in [-0.05, 0) is 35.2 Å². The molecule has 0 atom stereocenters. The zero-order valence-electron chi connectivity index (χ0n) is 16.7. The molecule has 8 heteroatoms. The van der Waals surface area contributed by atoms with E-state index < -0.39 is 10.0 Å². The molecule has 0 unspecified atom stereocenters. The molecule has 7 nitrogen and oxygen atoms in total. The van der Waals surface area contributed by atoms with Crippen molar-refractivity contribution in [2.75, 3.05) is 30.0 Å². The SMILES string of the molecule is COc1ccc(NC(=O)COc2ccccc2C(C)(C)C)cc1NS(C)(=O)=O. The Kier molecular flexibility index (Phi) is 6.56. The predicted molar refractivity (Wildman–Crippen MR) is 111 cm³/mol. The van der Waals surface area contributed by atoms with Gasteiger partial charge in [0, 0.05) is 5.69 Å². The van der Waals surface area contributed by atoms with Crippen molar-refractivity contribution in [1.82, 2.24) is 0 Å². The maximum atomic E-state index is 12.3. The lowest BCUT2D eigenvalue weighted by molar-refractivity contribution is -0.118. The highest BCUT2D eigenvalue weighted by molar-refractivity contribution is 7.92. The van der Waals surface area contributed by atoms with Gasteiger partial charge < -0.3 is 14.8 Å². The monoisotopic (exact) mass is 406 g/mol. The van der Waals surface area contributed by atoms with Crippen LogP contribution in [0.1, 0.15) is 26.3 Å². The molecule has 0 fully saturated rings. The normalized spacial score (nSPS) is 11.6. The average molecular weight is 407 g/mol. The lowest BCUT2D eigenvalue weighted by Gasteiger charge is -2.22. The van der Waals surface area contributed by atoms with Crippen molar-refractivity contribution in [2.24, 2.45) is 0 Å². The number of para-hydroxylation sites is 1. The minimum absolute atomic E-state index is 0.116. The lowest BCUT2D eigenvalue weighted by atomic mass is 9.86. The standard InChI is InChI=1S/C20H26N2O5S/c1-20(2,3)15-8-6-7-9-17(15)27-13-19(23)21-14-10-11-18(26-4)16(12-14)22-28(5,24)25/h6-12,22H,13H2,1-5H3,(H,21,23). The van der Waals surface area contributed by atoms with Crippen LogP contribution in [0.2, 0.25) is 0 Å².